The van der Waals surface area contributed by atoms with Crippen LogP contribution >= 0.6 is 11.3 Å². The van der Waals surface area contributed by atoms with E-state index in [4.69, 9.17) is 4.74 Å². The molecule has 0 radical (unpaired) electrons. The van der Waals surface area contributed by atoms with Gasteiger partial charge in [-0.1, -0.05) is 42.5 Å². The lowest BCUT2D eigenvalue weighted by molar-refractivity contribution is 0.0998. The molecule has 1 aromatic heterocycles. The molecular formula is C18H18N2O2S. The third kappa shape index (κ3) is 3.05. The van der Waals surface area contributed by atoms with Crippen LogP contribution in [0, 0.1) is 0 Å². The Morgan fingerprint density at radius 2 is 1.96 bits per heavy atom. The van der Waals surface area contributed by atoms with Gasteiger partial charge in [-0.25, -0.2) is 0 Å². The predicted molar refractivity (Wildman–Crippen MR) is 93.0 cm³/mol. The van der Waals surface area contributed by atoms with Gasteiger partial charge >= 0.3 is 0 Å². The molecule has 0 fully saturated rings. The van der Waals surface area contributed by atoms with E-state index < -0.39 is 0 Å². The lowest BCUT2D eigenvalue weighted by Gasteiger charge is -2.07. The van der Waals surface area contributed by atoms with Crippen molar-refractivity contribution in [2.24, 2.45) is 4.99 Å². The van der Waals surface area contributed by atoms with Gasteiger partial charge in [0.15, 0.2) is 4.80 Å². The van der Waals surface area contributed by atoms with Crippen molar-refractivity contribution < 1.29 is 9.53 Å². The van der Waals surface area contributed by atoms with Crippen molar-refractivity contribution in [3.8, 4) is 5.75 Å². The third-order valence-electron chi connectivity index (χ3n) is 3.55. The van der Waals surface area contributed by atoms with Crippen molar-refractivity contribution in [3.05, 3.63) is 58.9 Å². The first kappa shape index (κ1) is 15.5. The Kier molecular flexibility index (Phi) is 4.57. The van der Waals surface area contributed by atoms with E-state index in [1.165, 1.54) is 11.3 Å². The number of hydrogen-bond donors (Lipinski definition) is 0. The molecule has 0 aliphatic rings. The number of fused-ring (bicyclic) bond motifs is 1. The lowest BCUT2D eigenvalue weighted by Crippen LogP contribution is -2.17. The first-order valence-corrected chi connectivity index (χ1v) is 8.36. The number of aromatic nitrogens is 1. The second-order valence-electron chi connectivity index (χ2n) is 5.13. The van der Waals surface area contributed by atoms with Crippen molar-refractivity contribution in [2.45, 2.75) is 19.9 Å². The van der Waals surface area contributed by atoms with Crippen LogP contribution in [0.15, 0.2) is 53.5 Å². The van der Waals surface area contributed by atoms with Crippen molar-refractivity contribution in [1.82, 2.24) is 4.57 Å². The van der Waals surface area contributed by atoms with Gasteiger partial charge in [0.25, 0.3) is 5.91 Å². The maximum absolute atomic E-state index is 12.4. The quantitative estimate of drug-likeness (QED) is 0.730. The minimum Gasteiger partial charge on any atom is -0.495 e. The highest BCUT2D eigenvalue weighted by Crippen LogP contribution is 2.27. The molecule has 4 nitrogen and oxygen atoms in total. The molecule has 3 rings (SSSR count). The van der Waals surface area contributed by atoms with Gasteiger partial charge in [0.05, 0.1) is 11.8 Å². The largest absolute Gasteiger partial charge is 0.495 e. The minimum atomic E-state index is -0.221. The van der Waals surface area contributed by atoms with Crippen molar-refractivity contribution >= 4 is 27.5 Å². The molecule has 0 aliphatic heterocycles. The topological polar surface area (TPSA) is 43.6 Å². The number of aryl methyl sites for hydroxylation is 1. The number of thiazole rings is 1. The fraction of sp³-hybridized carbons (Fsp3) is 0.222. The normalized spacial score (nSPS) is 11.8. The van der Waals surface area contributed by atoms with Gasteiger partial charge in [-0.15, -0.1) is 0 Å². The molecule has 3 aromatic rings. The van der Waals surface area contributed by atoms with E-state index in [0.29, 0.717) is 10.4 Å². The highest BCUT2D eigenvalue weighted by Gasteiger charge is 2.12. The molecule has 1 heterocycles. The second kappa shape index (κ2) is 6.79. The predicted octanol–water partition coefficient (Wildman–Crippen LogP) is 3.86. The molecule has 0 unspecified atom stereocenters. The Morgan fingerprint density at radius 3 is 2.65 bits per heavy atom. The molecule has 1 amide bonds. The number of rotatable bonds is 4. The number of methoxy groups -OCH3 is 1. The van der Waals surface area contributed by atoms with Gasteiger partial charge in [-0.3, -0.25) is 4.79 Å². The average molecular weight is 326 g/mol. The molecule has 118 valence electrons. The van der Waals surface area contributed by atoms with Gasteiger partial charge in [0.2, 0.25) is 0 Å². The highest BCUT2D eigenvalue weighted by molar-refractivity contribution is 7.16. The number of ether oxygens (including phenoxy) is 1. The van der Waals surface area contributed by atoms with Crippen LogP contribution in [0.25, 0.3) is 10.2 Å². The Morgan fingerprint density at radius 1 is 1.17 bits per heavy atom. The summed E-state index contributed by atoms with van der Waals surface area (Å²) in [7, 11) is 1.66. The molecule has 0 spiro atoms. The van der Waals surface area contributed by atoms with Crippen LogP contribution < -0.4 is 9.54 Å². The minimum absolute atomic E-state index is 0.221. The van der Waals surface area contributed by atoms with Crippen molar-refractivity contribution in [3.63, 3.8) is 0 Å². The maximum atomic E-state index is 12.4. The van der Waals surface area contributed by atoms with Gasteiger partial charge < -0.3 is 9.30 Å². The van der Waals surface area contributed by atoms with E-state index >= 15 is 0 Å². The second-order valence-corrected chi connectivity index (χ2v) is 6.14. The number of benzene rings is 2. The number of hydrogen-bond acceptors (Lipinski definition) is 3. The SMILES string of the molecule is CCCn1c(=NC(=O)c2ccccc2)sc2cccc(OC)c21. The van der Waals surface area contributed by atoms with Crippen LogP contribution in [0.5, 0.6) is 5.75 Å². The monoisotopic (exact) mass is 326 g/mol. The molecule has 2 aromatic carbocycles. The number of carbonyl (C=O) groups excluding carboxylic acids is 1. The van der Waals surface area contributed by atoms with E-state index in [0.717, 1.165) is 28.9 Å². The molecule has 0 aliphatic carbocycles. The summed E-state index contributed by atoms with van der Waals surface area (Å²) in [5.41, 5.74) is 1.60. The van der Waals surface area contributed by atoms with Crippen LogP contribution in [0.2, 0.25) is 0 Å². The average Bonchev–Trinajstić information content (AvgIpc) is 2.93. The maximum Gasteiger partial charge on any atom is 0.279 e. The van der Waals surface area contributed by atoms with E-state index in [1.807, 2.05) is 36.4 Å². The third-order valence-corrected chi connectivity index (χ3v) is 4.59. The number of para-hydroxylation sites is 1. The molecule has 5 heteroatoms. The smallest absolute Gasteiger partial charge is 0.279 e. The molecule has 0 saturated carbocycles. The van der Waals surface area contributed by atoms with Crippen LogP contribution in [0.3, 0.4) is 0 Å². The summed E-state index contributed by atoms with van der Waals surface area (Å²) in [6.45, 7) is 2.90. The Hall–Kier alpha value is -2.40. The zero-order valence-electron chi connectivity index (χ0n) is 13.2. The van der Waals surface area contributed by atoms with Gasteiger partial charge in [-0.05, 0) is 30.7 Å². The fourth-order valence-electron chi connectivity index (χ4n) is 2.51. The van der Waals surface area contributed by atoms with Crippen molar-refractivity contribution in [1.29, 1.82) is 0 Å². The number of carbonyl (C=O) groups is 1. The summed E-state index contributed by atoms with van der Waals surface area (Å²) in [5, 5.41) is 0. The van der Waals surface area contributed by atoms with E-state index in [9.17, 15) is 4.79 Å². The molecule has 0 saturated heterocycles. The standard InChI is InChI=1S/C18H18N2O2S/c1-3-12-20-16-14(22-2)10-7-11-15(16)23-18(20)19-17(21)13-8-5-4-6-9-13/h4-11H,3,12H2,1-2H3. The molecule has 0 N–H and O–H groups in total. The fourth-order valence-corrected chi connectivity index (χ4v) is 3.58. The zero-order valence-corrected chi connectivity index (χ0v) is 14.0. The van der Waals surface area contributed by atoms with Crippen molar-refractivity contribution in [2.75, 3.05) is 7.11 Å². The Bertz CT molecular complexity index is 894. The summed E-state index contributed by atoms with van der Waals surface area (Å²) < 4.78 is 8.61. The summed E-state index contributed by atoms with van der Waals surface area (Å²) >= 11 is 1.51. The summed E-state index contributed by atoms with van der Waals surface area (Å²) in [4.78, 5) is 17.5. The Labute approximate surface area is 138 Å². The first-order chi connectivity index (χ1) is 11.2. The van der Waals surface area contributed by atoms with Gasteiger partial charge in [0, 0.05) is 12.1 Å². The van der Waals surface area contributed by atoms with Crippen LogP contribution in [-0.4, -0.2) is 17.6 Å². The Balaban J connectivity index is 2.19. The summed E-state index contributed by atoms with van der Waals surface area (Å²) in [5.74, 6) is 0.585. The van der Waals surface area contributed by atoms with E-state index in [1.54, 1.807) is 19.2 Å². The number of nitrogens with zero attached hydrogens (tertiary/aromatic N) is 2. The molecule has 0 bridgehead atoms. The zero-order chi connectivity index (χ0) is 16.2. The van der Waals surface area contributed by atoms with E-state index in [-0.39, 0.29) is 5.91 Å². The lowest BCUT2D eigenvalue weighted by atomic mass is 10.2. The molecule has 23 heavy (non-hydrogen) atoms. The first-order valence-electron chi connectivity index (χ1n) is 7.55. The van der Waals surface area contributed by atoms with Crippen LogP contribution in [-0.2, 0) is 6.54 Å². The van der Waals surface area contributed by atoms with Gasteiger partial charge in [0.1, 0.15) is 11.3 Å². The number of amides is 1. The van der Waals surface area contributed by atoms with Gasteiger partial charge in [-0.2, -0.15) is 4.99 Å². The summed E-state index contributed by atoms with van der Waals surface area (Å²) in [6, 6.07) is 15.1. The highest BCUT2D eigenvalue weighted by atomic mass is 32.1. The summed E-state index contributed by atoms with van der Waals surface area (Å²) in [6.07, 6.45) is 0.955. The van der Waals surface area contributed by atoms with Crippen LogP contribution in [0.1, 0.15) is 23.7 Å². The van der Waals surface area contributed by atoms with E-state index in [2.05, 4.69) is 16.5 Å². The molecule has 0 atom stereocenters. The molecular weight excluding hydrogens is 308 g/mol. The van der Waals surface area contributed by atoms with Crippen LogP contribution in [0.4, 0.5) is 0 Å².